The molecule has 2 aliphatic rings. The lowest BCUT2D eigenvalue weighted by atomic mass is 10.2. The molecular weight excluding hydrogens is 715 g/mol. The van der Waals surface area contributed by atoms with Crippen LogP contribution < -0.4 is 14.2 Å². The number of phenolic OH excluding ortho intramolecular Hbond substituents is 1. The van der Waals surface area contributed by atoms with Crippen LogP contribution in [0.15, 0.2) is 48.8 Å². The second-order valence-electron chi connectivity index (χ2n) is 10.5. The molecule has 2 saturated heterocycles. The molecule has 2 aliphatic heterocycles. The minimum Gasteiger partial charge on any atom is -0.504 e. The van der Waals surface area contributed by atoms with Gasteiger partial charge in [0, 0.05) is 53.8 Å². The van der Waals surface area contributed by atoms with Gasteiger partial charge in [-0.1, -0.05) is 39.1 Å². The summed E-state index contributed by atoms with van der Waals surface area (Å²) >= 11 is 15.4. The molecule has 47 heavy (non-hydrogen) atoms. The quantitative estimate of drug-likeness (QED) is 0.125. The molecule has 2 fully saturated rings. The van der Waals surface area contributed by atoms with Crippen molar-refractivity contribution in [2.24, 2.45) is 0 Å². The molecule has 2 aromatic carbocycles. The molecule has 0 bridgehead atoms. The van der Waals surface area contributed by atoms with Crippen molar-refractivity contribution < 1.29 is 38.3 Å². The van der Waals surface area contributed by atoms with Crippen LogP contribution in [-0.2, 0) is 18.9 Å². The summed E-state index contributed by atoms with van der Waals surface area (Å²) in [6.07, 6.45) is 9.95. The summed E-state index contributed by atoms with van der Waals surface area (Å²) in [6.45, 7) is 3.28. The summed E-state index contributed by atoms with van der Waals surface area (Å²) < 4.78 is 38.0. The van der Waals surface area contributed by atoms with Gasteiger partial charge >= 0.3 is 0 Å². The van der Waals surface area contributed by atoms with Crippen molar-refractivity contribution in [1.82, 2.24) is 9.97 Å². The molecular formula is C34H41BrCl2N2O8. The average Bonchev–Trinajstić information content (AvgIpc) is 3.11. The topological polar surface area (TPSA) is 111 Å². The number of halogens is 3. The van der Waals surface area contributed by atoms with Crippen molar-refractivity contribution in [2.45, 2.75) is 51.1 Å². The highest BCUT2D eigenvalue weighted by Gasteiger charge is 2.15. The SMILES string of the molecule is BrCCOC1CCCCO1.COc1cc2nccc(Cl)c2cc1O.COc1cc2nccc(Cl)c2cc1OCCOC1CCCCO1. The van der Waals surface area contributed by atoms with Gasteiger partial charge in [-0.05, 0) is 62.8 Å². The van der Waals surface area contributed by atoms with E-state index in [1.54, 1.807) is 43.8 Å². The average molecular weight is 757 g/mol. The highest BCUT2D eigenvalue weighted by atomic mass is 79.9. The number of pyridine rings is 2. The Bertz CT molecular complexity index is 1540. The Balaban J connectivity index is 0.000000177. The van der Waals surface area contributed by atoms with Crippen molar-refractivity contribution in [3.63, 3.8) is 0 Å². The molecule has 13 heteroatoms. The fraction of sp³-hybridized carbons (Fsp3) is 0.471. The van der Waals surface area contributed by atoms with Crippen molar-refractivity contribution >= 4 is 60.9 Å². The first-order valence-corrected chi connectivity index (χ1v) is 17.4. The van der Waals surface area contributed by atoms with E-state index in [1.165, 1.54) is 20.0 Å². The van der Waals surface area contributed by atoms with Crippen LogP contribution in [0.2, 0.25) is 10.0 Å². The van der Waals surface area contributed by atoms with Gasteiger partial charge in [0.25, 0.3) is 0 Å². The fourth-order valence-electron chi connectivity index (χ4n) is 4.88. The third-order valence-corrected chi connectivity index (χ3v) is 8.25. The number of aromatic nitrogens is 2. The molecule has 0 spiro atoms. The number of hydrogen-bond acceptors (Lipinski definition) is 10. The third-order valence-electron chi connectivity index (χ3n) is 7.26. The minimum atomic E-state index is -0.107. The Hall–Kier alpha value is -2.64. The monoisotopic (exact) mass is 754 g/mol. The number of aromatic hydroxyl groups is 1. The first kappa shape index (κ1) is 37.2. The predicted molar refractivity (Wildman–Crippen MR) is 187 cm³/mol. The van der Waals surface area contributed by atoms with E-state index in [9.17, 15) is 5.11 Å². The van der Waals surface area contributed by atoms with Gasteiger partial charge in [-0.15, -0.1) is 0 Å². The van der Waals surface area contributed by atoms with Crippen molar-refractivity contribution in [1.29, 1.82) is 0 Å². The first-order valence-electron chi connectivity index (χ1n) is 15.5. The fourth-order valence-corrected chi connectivity index (χ4v) is 5.48. The maximum atomic E-state index is 9.52. The van der Waals surface area contributed by atoms with Gasteiger partial charge in [0.05, 0.1) is 48.5 Å². The zero-order chi connectivity index (χ0) is 33.4. The number of methoxy groups -OCH3 is 2. The lowest BCUT2D eigenvalue weighted by Crippen LogP contribution is -2.24. The molecule has 6 rings (SSSR count). The molecule has 0 aliphatic carbocycles. The zero-order valence-corrected chi connectivity index (χ0v) is 29.7. The minimum absolute atomic E-state index is 0.0647. The largest absolute Gasteiger partial charge is 0.504 e. The highest BCUT2D eigenvalue weighted by molar-refractivity contribution is 9.09. The van der Waals surface area contributed by atoms with E-state index in [4.69, 9.17) is 56.4 Å². The highest BCUT2D eigenvalue weighted by Crippen LogP contribution is 2.35. The maximum Gasteiger partial charge on any atom is 0.162 e. The Morgan fingerprint density at radius 1 is 0.745 bits per heavy atom. The van der Waals surface area contributed by atoms with E-state index in [0.717, 1.165) is 61.7 Å². The molecule has 256 valence electrons. The molecule has 10 nitrogen and oxygen atoms in total. The van der Waals surface area contributed by atoms with Crippen LogP contribution in [0.1, 0.15) is 38.5 Å². The van der Waals surface area contributed by atoms with Crippen molar-refractivity contribution in [3.05, 3.63) is 58.8 Å². The Morgan fingerprint density at radius 3 is 1.83 bits per heavy atom. The van der Waals surface area contributed by atoms with Crippen LogP contribution in [0.25, 0.3) is 21.8 Å². The van der Waals surface area contributed by atoms with Gasteiger partial charge in [0.2, 0.25) is 0 Å². The second kappa shape index (κ2) is 20.0. The number of benzene rings is 2. The lowest BCUT2D eigenvalue weighted by molar-refractivity contribution is -0.165. The Morgan fingerprint density at radius 2 is 1.30 bits per heavy atom. The van der Waals surface area contributed by atoms with Crippen molar-refractivity contribution in [3.8, 4) is 23.0 Å². The molecule has 0 radical (unpaired) electrons. The number of hydrogen-bond donors (Lipinski definition) is 1. The Labute approximate surface area is 293 Å². The number of rotatable bonds is 10. The summed E-state index contributed by atoms with van der Waals surface area (Å²) in [5.41, 5.74) is 1.47. The Kier molecular flexibility index (Phi) is 15.8. The van der Waals surface area contributed by atoms with E-state index >= 15 is 0 Å². The second-order valence-corrected chi connectivity index (χ2v) is 12.1. The van der Waals surface area contributed by atoms with Gasteiger partial charge in [-0.3, -0.25) is 9.97 Å². The van der Waals surface area contributed by atoms with Crippen LogP contribution in [0.3, 0.4) is 0 Å². The van der Waals surface area contributed by atoms with E-state index in [1.807, 2.05) is 12.1 Å². The molecule has 2 unspecified atom stereocenters. The van der Waals surface area contributed by atoms with Crippen LogP contribution in [0.4, 0.5) is 0 Å². The van der Waals surface area contributed by atoms with Gasteiger partial charge in [-0.2, -0.15) is 0 Å². The maximum absolute atomic E-state index is 9.52. The first-order chi connectivity index (χ1) is 22.9. The zero-order valence-electron chi connectivity index (χ0n) is 26.6. The summed E-state index contributed by atoms with van der Waals surface area (Å²) in [7, 11) is 3.09. The predicted octanol–water partition coefficient (Wildman–Crippen LogP) is 8.35. The van der Waals surface area contributed by atoms with E-state index in [0.29, 0.717) is 51.4 Å². The van der Waals surface area contributed by atoms with Crippen LogP contribution >= 0.6 is 39.1 Å². The number of alkyl halides is 1. The number of fused-ring (bicyclic) bond motifs is 2. The van der Waals surface area contributed by atoms with Crippen LogP contribution in [0, 0.1) is 0 Å². The van der Waals surface area contributed by atoms with E-state index < -0.39 is 0 Å². The smallest absolute Gasteiger partial charge is 0.162 e. The number of phenols is 1. The number of nitrogens with zero attached hydrogens (tertiary/aromatic N) is 2. The molecule has 4 aromatic rings. The molecule has 0 saturated carbocycles. The molecule has 0 amide bonds. The van der Waals surface area contributed by atoms with Gasteiger partial charge in [-0.25, -0.2) is 0 Å². The summed E-state index contributed by atoms with van der Waals surface area (Å²) in [5.74, 6) is 1.71. The van der Waals surface area contributed by atoms with Gasteiger partial charge in [0.1, 0.15) is 6.61 Å². The normalized spacial score (nSPS) is 17.6. The van der Waals surface area contributed by atoms with Crippen molar-refractivity contribution in [2.75, 3.05) is 52.6 Å². The summed E-state index contributed by atoms with van der Waals surface area (Å²) in [4.78, 5) is 8.40. The lowest BCUT2D eigenvalue weighted by Gasteiger charge is -2.22. The standard InChI is InChI=1S/C17H20ClNO4.C10H8ClNO2.C7H13BrO2/c1-20-15-11-14-12(13(18)5-6-19-14)10-16(15)21-8-9-23-17-4-2-3-7-22-17;1-14-10-5-8-6(4-9(10)13)7(11)2-3-12-8;8-4-6-10-7-3-1-2-5-9-7/h5-6,10-11,17H,2-4,7-9H2,1H3;2-5,13H,1H3;7H,1-6H2. The van der Waals surface area contributed by atoms with Gasteiger partial charge in [0.15, 0.2) is 35.6 Å². The molecule has 2 atom stereocenters. The molecule has 2 aromatic heterocycles. The third kappa shape index (κ3) is 11.5. The van der Waals surface area contributed by atoms with Gasteiger partial charge < -0.3 is 38.3 Å². The van der Waals surface area contributed by atoms with Crippen LogP contribution in [-0.4, -0.2) is 80.2 Å². The van der Waals surface area contributed by atoms with E-state index in [-0.39, 0.29) is 18.3 Å². The summed E-state index contributed by atoms with van der Waals surface area (Å²) in [6, 6.07) is 10.3. The molecule has 1 N–H and O–H groups in total. The van der Waals surface area contributed by atoms with E-state index in [2.05, 4.69) is 25.9 Å². The van der Waals surface area contributed by atoms with Crippen LogP contribution in [0.5, 0.6) is 23.0 Å². The number of ether oxygens (including phenoxy) is 7. The summed E-state index contributed by atoms with van der Waals surface area (Å²) in [5, 5.41) is 13.2. The molecule has 4 heterocycles.